The zero-order valence-corrected chi connectivity index (χ0v) is 10.8. The Morgan fingerprint density at radius 2 is 1.94 bits per heavy atom. The normalized spacial score (nSPS) is 11.8. The van der Waals surface area contributed by atoms with Gasteiger partial charge in [-0.25, -0.2) is 4.79 Å². The number of rotatable bonds is 4. The maximum atomic E-state index is 11.3. The first-order chi connectivity index (χ1) is 8.36. The number of anilines is 1. The number of carbonyl (C=O) groups excluding carboxylic acids is 1. The Bertz CT molecular complexity index is 485. The van der Waals surface area contributed by atoms with E-state index in [-0.39, 0.29) is 5.69 Å². The van der Waals surface area contributed by atoms with Gasteiger partial charge in [-0.3, -0.25) is 10.1 Å². The monoisotopic (exact) mass is 252 g/mol. The van der Waals surface area contributed by atoms with Crippen molar-refractivity contribution in [3.05, 3.63) is 33.4 Å². The SMILES string of the molecule is COC(=O)C(C)Nc1cc(C)c(C)cc1[N+](=O)[O-]. The number of nitro groups is 1. The molecule has 0 saturated heterocycles. The second kappa shape index (κ2) is 5.48. The van der Waals surface area contributed by atoms with Crippen LogP contribution < -0.4 is 5.32 Å². The number of carbonyl (C=O) groups is 1. The minimum absolute atomic E-state index is 0.0474. The number of hydrogen-bond donors (Lipinski definition) is 1. The number of nitro benzene ring substituents is 1. The van der Waals surface area contributed by atoms with E-state index in [4.69, 9.17) is 0 Å². The summed E-state index contributed by atoms with van der Waals surface area (Å²) in [6.07, 6.45) is 0. The molecular formula is C12H16N2O4. The largest absolute Gasteiger partial charge is 0.467 e. The number of benzene rings is 1. The fourth-order valence-corrected chi connectivity index (χ4v) is 1.54. The average Bonchev–Trinajstić information content (AvgIpc) is 2.31. The highest BCUT2D eigenvalue weighted by molar-refractivity contribution is 5.80. The quantitative estimate of drug-likeness (QED) is 0.504. The van der Waals surface area contributed by atoms with Gasteiger partial charge in [-0.15, -0.1) is 0 Å². The van der Waals surface area contributed by atoms with Crippen molar-refractivity contribution >= 4 is 17.3 Å². The van der Waals surface area contributed by atoms with Crippen molar-refractivity contribution in [2.24, 2.45) is 0 Å². The fraction of sp³-hybridized carbons (Fsp3) is 0.417. The molecule has 0 aliphatic heterocycles. The highest BCUT2D eigenvalue weighted by Gasteiger charge is 2.20. The fourth-order valence-electron chi connectivity index (χ4n) is 1.54. The van der Waals surface area contributed by atoms with Gasteiger partial charge in [-0.1, -0.05) is 0 Å². The lowest BCUT2D eigenvalue weighted by atomic mass is 10.1. The first kappa shape index (κ1) is 14.0. The Morgan fingerprint density at radius 1 is 1.39 bits per heavy atom. The molecule has 1 rings (SSSR count). The number of nitrogens with one attached hydrogen (secondary N) is 1. The summed E-state index contributed by atoms with van der Waals surface area (Å²) in [4.78, 5) is 21.8. The van der Waals surface area contributed by atoms with E-state index < -0.39 is 16.9 Å². The van der Waals surface area contributed by atoms with Crippen LogP contribution in [-0.2, 0) is 9.53 Å². The van der Waals surface area contributed by atoms with Crippen molar-refractivity contribution in [1.82, 2.24) is 0 Å². The Hall–Kier alpha value is -2.11. The van der Waals surface area contributed by atoms with E-state index in [1.807, 2.05) is 6.92 Å². The molecule has 1 N–H and O–H groups in total. The average molecular weight is 252 g/mol. The molecule has 1 aromatic carbocycles. The van der Waals surface area contributed by atoms with Crippen LogP contribution in [0.1, 0.15) is 18.1 Å². The summed E-state index contributed by atoms with van der Waals surface area (Å²) in [6.45, 7) is 5.24. The van der Waals surface area contributed by atoms with Gasteiger partial charge in [0.05, 0.1) is 12.0 Å². The zero-order valence-electron chi connectivity index (χ0n) is 10.8. The summed E-state index contributed by atoms with van der Waals surface area (Å²) >= 11 is 0. The third kappa shape index (κ3) is 2.97. The lowest BCUT2D eigenvalue weighted by Gasteiger charge is -2.14. The molecule has 0 spiro atoms. The Morgan fingerprint density at radius 3 is 2.44 bits per heavy atom. The van der Waals surface area contributed by atoms with Crippen LogP contribution >= 0.6 is 0 Å². The molecule has 0 aliphatic rings. The number of nitrogens with zero attached hydrogens (tertiary/aromatic N) is 1. The van der Waals surface area contributed by atoms with Crippen molar-refractivity contribution in [2.75, 3.05) is 12.4 Å². The van der Waals surface area contributed by atoms with E-state index in [1.54, 1.807) is 19.9 Å². The van der Waals surface area contributed by atoms with E-state index in [2.05, 4.69) is 10.1 Å². The molecule has 6 nitrogen and oxygen atoms in total. The van der Waals surface area contributed by atoms with Crippen LogP contribution in [0, 0.1) is 24.0 Å². The molecule has 98 valence electrons. The van der Waals surface area contributed by atoms with Crippen molar-refractivity contribution < 1.29 is 14.5 Å². The van der Waals surface area contributed by atoms with Gasteiger partial charge in [0, 0.05) is 6.07 Å². The third-order valence-electron chi connectivity index (χ3n) is 2.74. The Balaban J connectivity index is 3.11. The first-order valence-electron chi connectivity index (χ1n) is 5.46. The van der Waals surface area contributed by atoms with Crippen molar-refractivity contribution in [3.63, 3.8) is 0 Å². The number of methoxy groups -OCH3 is 1. The van der Waals surface area contributed by atoms with Gasteiger partial charge in [0.15, 0.2) is 0 Å². The van der Waals surface area contributed by atoms with Crippen LogP contribution in [0.4, 0.5) is 11.4 Å². The van der Waals surface area contributed by atoms with E-state index >= 15 is 0 Å². The molecule has 0 fully saturated rings. The lowest BCUT2D eigenvalue weighted by Crippen LogP contribution is -2.27. The van der Waals surface area contributed by atoms with Gasteiger partial charge in [0.1, 0.15) is 11.7 Å². The Kier molecular flexibility index (Phi) is 4.25. The number of esters is 1. The zero-order chi connectivity index (χ0) is 13.9. The minimum atomic E-state index is -0.643. The highest BCUT2D eigenvalue weighted by Crippen LogP contribution is 2.28. The summed E-state index contributed by atoms with van der Waals surface area (Å²) in [5.74, 6) is -0.470. The molecule has 1 unspecified atom stereocenters. The molecule has 0 bridgehead atoms. The van der Waals surface area contributed by atoms with Gasteiger partial charge in [-0.05, 0) is 38.0 Å². The molecule has 6 heteroatoms. The minimum Gasteiger partial charge on any atom is -0.467 e. The summed E-state index contributed by atoms with van der Waals surface area (Å²) in [6, 6.07) is 2.50. The summed E-state index contributed by atoms with van der Waals surface area (Å²) in [7, 11) is 1.27. The lowest BCUT2D eigenvalue weighted by molar-refractivity contribution is -0.384. The van der Waals surface area contributed by atoms with Crippen molar-refractivity contribution in [2.45, 2.75) is 26.8 Å². The van der Waals surface area contributed by atoms with Gasteiger partial charge < -0.3 is 10.1 Å². The third-order valence-corrected chi connectivity index (χ3v) is 2.74. The Labute approximate surface area is 105 Å². The predicted molar refractivity (Wildman–Crippen MR) is 67.7 cm³/mol. The molecule has 1 atom stereocenters. The smallest absolute Gasteiger partial charge is 0.327 e. The second-order valence-corrected chi connectivity index (χ2v) is 4.10. The highest BCUT2D eigenvalue weighted by atomic mass is 16.6. The van der Waals surface area contributed by atoms with Crippen LogP contribution in [0.2, 0.25) is 0 Å². The van der Waals surface area contributed by atoms with E-state index in [0.29, 0.717) is 5.69 Å². The summed E-state index contributed by atoms with van der Waals surface area (Å²) in [5, 5.41) is 13.7. The van der Waals surface area contributed by atoms with Crippen LogP contribution in [0.25, 0.3) is 0 Å². The maximum absolute atomic E-state index is 11.3. The van der Waals surface area contributed by atoms with Gasteiger partial charge >= 0.3 is 5.97 Å². The van der Waals surface area contributed by atoms with Crippen molar-refractivity contribution in [3.8, 4) is 0 Å². The van der Waals surface area contributed by atoms with E-state index in [9.17, 15) is 14.9 Å². The van der Waals surface area contributed by atoms with Gasteiger partial charge in [-0.2, -0.15) is 0 Å². The predicted octanol–water partition coefficient (Wildman–Crippen LogP) is 2.19. The number of ether oxygens (including phenoxy) is 1. The molecule has 0 aromatic heterocycles. The molecule has 0 radical (unpaired) electrons. The summed E-state index contributed by atoms with van der Waals surface area (Å²) < 4.78 is 4.57. The van der Waals surface area contributed by atoms with Crippen LogP contribution in [0.5, 0.6) is 0 Å². The van der Waals surface area contributed by atoms with Crippen LogP contribution in [0.3, 0.4) is 0 Å². The second-order valence-electron chi connectivity index (χ2n) is 4.10. The first-order valence-corrected chi connectivity index (χ1v) is 5.46. The van der Waals surface area contributed by atoms with Gasteiger partial charge in [0.2, 0.25) is 0 Å². The molecule has 1 aromatic rings. The molecular weight excluding hydrogens is 236 g/mol. The van der Waals surface area contributed by atoms with E-state index in [0.717, 1.165) is 11.1 Å². The van der Waals surface area contributed by atoms with E-state index in [1.165, 1.54) is 13.2 Å². The van der Waals surface area contributed by atoms with Crippen LogP contribution in [0.15, 0.2) is 12.1 Å². The molecule has 0 amide bonds. The van der Waals surface area contributed by atoms with Crippen LogP contribution in [-0.4, -0.2) is 24.0 Å². The van der Waals surface area contributed by atoms with Crippen molar-refractivity contribution in [1.29, 1.82) is 0 Å². The molecule has 0 saturated carbocycles. The summed E-state index contributed by atoms with van der Waals surface area (Å²) in [5.41, 5.74) is 2.02. The topological polar surface area (TPSA) is 81.5 Å². The van der Waals surface area contributed by atoms with Gasteiger partial charge in [0.25, 0.3) is 5.69 Å². The standard InChI is InChI=1S/C12H16N2O4/c1-7-5-10(13-9(3)12(15)18-4)11(14(16)17)6-8(7)2/h5-6,9,13H,1-4H3. The molecule has 0 heterocycles. The number of aryl methyl sites for hydroxylation is 2. The number of hydrogen-bond acceptors (Lipinski definition) is 5. The molecule has 0 aliphatic carbocycles. The molecule has 18 heavy (non-hydrogen) atoms. The maximum Gasteiger partial charge on any atom is 0.327 e.